The minimum absolute atomic E-state index is 0.281. The predicted octanol–water partition coefficient (Wildman–Crippen LogP) is 4.00. The Morgan fingerprint density at radius 1 is 1.22 bits per heavy atom. The fraction of sp³-hybridized carbons (Fsp3) is 0.462. The molecule has 100 valence electrons. The van der Waals surface area contributed by atoms with E-state index in [1.54, 1.807) is 12.1 Å². The van der Waals surface area contributed by atoms with E-state index in [2.05, 4.69) is 0 Å². The van der Waals surface area contributed by atoms with E-state index in [9.17, 15) is 18.0 Å². The highest BCUT2D eigenvalue weighted by molar-refractivity contribution is 5.96. The van der Waals surface area contributed by atoms with E-state index in [-0.39, 0.29) is 5.56 Å². The summed E-state index contributed by atoms with van der Waals surface area (Å²) in [4.78, 5) is 11.5. The van der Waals surface area contributed by atoms with E-state index >= 15 is 0 Å². The summed E-state index contributed by atoms with van der Waals surface area (Å²) in [7, 11) is 0. The molecule has 0 atom stereocenters. The first-order valence-corrected chi connectivity index (χ1v) is 5.75. The van der Waals surface area contributed by atoms with Crippen LogP contribution < -0.4 is 4.74 Å². The van der Waals surface area contributed by atoms with Crippen molar-refractivity contribution in [1.29, 1.82) is 0 Å². The molecule has 18 heavy (non-hydrogen) atoms. The molecular weight excluding hydrogens is 245 g/mol. The number of Topliss-reactive ketones (excluding diaryl/α,β-unsaturated/α-hetero) is 1. The lowest BCUT2D eigenvalue weighted by atomic mass is 10.1. The van der Waals surface area contributed by atoms with Gasteiger partial charge in [-0.3, -0.25) is 4.79 Å². The Morgan fingerprint density at radius 3 is 2.33 bits per heavy atom. The molecule has 1 rings (SSSR count). The standard InChI is InChI=1S/C13H15F3O2/c1-2-9-18-11-5-3-10(4-6-11)12(17)7-8-13(14,15)16/h3-6H,2,7-9H2,1H3. The first-order chi connectivity index (χ1) is 8.42. The summed E-state index contributed by atoms with van der Waals surface area (Å²) in [6.45, 7) is 2.54. The van der Waals surface area contributed by atoms with Crippen LogP contribution in [-0.4, -0.2) is 18.6 Å². The second-order valence-corrected chi connectivity index (χ2v) is 3.91. The highest BCUT2D eigenvalue weighted by Crippen LogP contribution is 2.23. The molecule has 2 nitrogen and oxygen atoms in total. The van der Waals surface area contributed by atoms with E-state index in [0.717, 1.165) is 6.42 Å². The van der Waals surface area contributed by atoms with Crippen LogP contribution in [-0.2, 0) is 0 Å². The van der Waals surface area contributed by atoms with Gasteiger partial charge in [-0.25, -0.2) is 0 Å². The Kier molecular flexibility index (Phi) is 5.19. The lowest BCUT2D eigenvalue weighted by molar-refractivity contribution is -0.133. The molecule has 0 saturated carbocycles. The van der Waals surface area contributed by atoms with Gasteiger partial charge in [0, 0.05) is 12.0 Å². The number of ether oxygens (including phenoxy) is 1. The van der Waals surface area contributed by atoms with Gasteiger partial charge < -0.3 is 4.74 Å². The first-order valence-electron chi connectivity index (χ1n) is 5.75. The van der Waals surface area contributed by atoms with Crippen molar-refractivity contribution >= 4 is 5.78 Å². The van der Waals surface area contributed by atoms with Crippen molar-refractivity contribution in [3.63, 3.8) is 0 Å². The highest BCUT2D eigenvalue weighted by Gasteiger charge is 2.28. The van der Waals surface area contributed by atoms with Crippen molar-refractivity contribution < 1.29 is 22.7 Å². The third-order valence-electron chi connectivity index (χ3n) is 2.28. The van der Waals surface area contributed by atoms with Gasteiger partial charge in [-0.1, -0.05) is 6.92 Å². The lowest BCUT2D eigenvalue weighted by Gasteiger charge is -2.07. The maximum atomic E-state index is 12.0. The van der Waals surface area contributed by atoms with Crippen LogP contribution in [0.5, 0.6) is 5.75 Å². The SMILES string of the molecule is CCCOc1ccc(C(=O)CCC(F)(F)F)cc1. The molecule has 0 fully saturated rings. The van der Waals surface area contributed by atoms with Gasteiger partial charge in [-0.2, -0.15) is 13.2 Å². The van der Waals surface area contributed by atoms with Crippen molar-refractivity contribution in [2.24, 2.45) is 0 Å². The maximum Gasteiger partial charge on any atom is 0.389 e. The van der Waals surface area contributed by atoms with Crippen molar-refractivity contribution in [2.45, 2.75) is 32.4 Å². The van der Waals surface area contributed by atoms with Gasteiger partial charge in [-0.05, 0) is 30.7 Å². The Labute approximate surface area is 104 Å². The van der Waals surface area contributed by atoms with Gasteiger partial charge in [0.25, 0.3) is 0 Å². The van der Waals surface area contributed by atoms with Crippen LogP contribution in [0.3, 0.4) is 0 Å². The van der Waals surface area contributed by atoms with Crippen LogP contribution in [0.25, 0.3) is 0 Å². The van der Waals surface area contributed by atoms with Gasteiger partial charge in [0.15, 0.2) is 5.78 Å². The summed E-state index contributed by atoms with van der Waals surface area (Å²) < 4.78 is 41.2. The third-order valence-corrected chi connectivity index (χ3v) is 2.28. The highest BCUT2D eigenvalue weighted by atomic mass is 19.4. The first kappa shape index (κ1) is 14.5. The summed E-state index contributed by atoms with van der Waals surface area (Å²) in [6, 6.07) is 6.17. The Bertz CT molecular complexity index is 382. The van der Waals surface area contributed by atoms with E-state index < -0.39 is 24.8 Å². The van der Waals surface area contributed by atoms with Crippen LogP contribution in [0.1, 0.15) is 36.5 Å². The smallest absolute Gasteiger partial charge is 0.389 e. The second-order valence-electron chi connectivity index (χ2n) is 3.91. The number of ketones is 1. The molecule has 0 aliphatic carbocycles. The molecule has 1 aromatic rings. The fourth-order valence-corrected chi connectivity index (χ4v) is 1.36. The average molecular weight is 260 g/mol. The summed E-state index contributed by atoms with van der Waals surface area (Å²) in [5.74, 6) is 0.110. The number of rotatable bonds is 6. The molecule has 0 bridgehead atoms. The molecule has 0 spiro atoms. The van der Waals surface area contributed by atoms with Gasteiger partial charge in [-0.15, -0.1) is 0 Å². The zero-order valence-corrected chi connectivity index (χ0v) is 10.1. The number of alkyl halides is 3. The Morgan fingerprint density at radius 2 is 1.83 bits per heavy atom. The monoisotopic (exact) mass is 260 g/mol. The van der Waals surface area contributed by atoms with Crippen molar-refractivity contribution in [2.75, 3.05) is 6.61 Å². The normalized spacial score (nSPS) is 11.3. The number of carbonyl (C=O) groups excluding carboxylic acids is 1. The Balaban J connectivity index is 2.54. The average Bonchev–Trinajstić information content (AvgIpc) is 2.33. The molecule has 0 aliphatic heterocycles. The molecule has 1 aromatic carbocycles. The summed E-state index contributed by atoms with van der Waals surface area (Å²) >= 11 is 0. The summed E-state index contributed by atoms with van der Waals surface area (Å²) in [6.07, 6.45) is -5.02. The predicted molar refractivity (Wildman–Crippen MR) is 61.8 cm³/mol. The molecule has 0 heterocycles. The molecule has 0 saturated heterocycles. The lowest BCUT2D eigenvalue weighted by Crippen LogP contribution is -2.10. The minimum atomic E-state index is -4.29. The topological polar surface area (TPSA) is 26.3 Å². The molecule has 0 unspecified atom stereocenters. The van der Waals surface area contributed by atoms with Gasteiger partial charge in [0.1, 0.15) is 5.75 Å². The molecular formula is C13H15F3O2. The van der Waals surface area contributed by atoms with E-state index in [0.29, 0.717) is 12.4 Å². The second kappa shape index (κ2) is 6.42. The molecule has 0 aromatic heterocycles. The molecule has 0 aliphatic rings. The van der Waals surface area contributed by atoms with E-state index in [1.807, 2.05) is 6.92 Å². The van der Waals surface area contributed by atoms with E-state index in [1.165, 1.54) is 12.1 Å². The number of hydrogen-bond donors (Lipinski definition) is 0. The van der Waals surface area contributed by atoms with Gasteiger partial charge >= 0.3 is 6.18 Å². The zero-order chi connectivity index (χ0) is 13.6. The summed E-state index contributed by atoms with van der Waals surface area (Å²) in [5.41, 5.74) is 0.281. The van der Waals surface area contributed by atoms with Crippen molar-refractivity contribution in [3.8, 4) is 5.75 Å². The number of carbonyl (C=O) groups is 1. The van der Waals surface area contributed by atoms with Crippen LogP contribution >= 0.6 is 0 Å². The van der Waals surface area contributed by atoms with Crippen molar-refractivity contribution in [3.05, 3.63) is 29.8 Å². The number of hydrogen-bond acceptors (Lipinski definition) is 2. The zero-order valence-electron chi connectivity index (χ0n) is 10.1. The third kappa shape index (κ3) is 5.21. The molecule has 0 N–H and O–H groups in total. The molecule has 0 radical (unpaired) electrons. The molecule has 5 heteroatoms. The summed E-state index contributed by atoms with van der Waals surface area (Å²) in [5, 5.41) is 0. The minimum Gasteiger partial charge on any atom is -0.494 e. The van der Waals surface area contributed by atoms with Crippen LogP contribution in [0.15, 0.2) is 24.3 Å². The van der Waals surface area contributed by atoms with Crippen LogP contribution in [0, 0.1) is 0 Å². The Hall–Kier alpha value is -1.52. The number of benzene rings is 1. The van der Waals surface area contributed by atoms with Gasteiger partial charge in [0.05, 0.1) is 13.0 Å². The van der Waals surface area contributed by atoms with E-state index in [4.69, 9.17) is 4.74 Å². The van der Waals surface area contributed by atoms with Gasteiger partial charge in [0.2, 0.25) is 0 Å². The largest absolute Gasteiger partial charge is 0.494 e. The molecule has 0 amide bonds. The maximum absolute atomic E-state index is 12.0. The van der Waals surface area contributed by atoms with Crippen LogP contribution in [0.4, 0.5) is 13.2 Å². The van der Waals surface area contributed by atoms with Crippen LogP contribution in [0.2, 0.25) is 0 Å². The fourth-order valence-electron chi connectivity index (χ4n) is 1.36. The quantitative estimate of drug-likeness (QED) is 0.722. The number of halogens is 3. The van der Waals surface area contributed by atoms with Crippen molar-refractivity contribution in [1.82, 2.24) is 0 Å².